The van der Waals surface area contributed by atoms with Crippen LogP contribution in [-0.4, -0.2) is 41.1 Å². The van der Waals surface area contributed by atoms with Gasteiger partial charge in [0.25, 0.3) is 5.91 Å². The number of carbonyl (C=O) groups excluding carboxylic acids is 1. The van der Waals surface area contributed by atoms with E-state index in [2.05, 4.69) is 10.4 Å². The van der Waals surface area contributed by atoms with Gasteiger partial charge in [0.1, 0.15) is 5.75 Å². The maximum Gasteiger partial charge on any atom is 0.271 e. The van der Waals surface area contributed by atoms with Gasteiger partial charge in [-0.25, -0.2) is 4.68 Å². The van der Waals surface area contributed by atoms with Crippen LogP contribution in [0.3, 0.4) is 0 Å². The zero-order chi connectivity index (χ0) is 14.4. The van der Waals surface area contributed by atoms with Crippen LogP contribution in [0.1, 0.15) is 16.9 Å². The SMILES string of the molecule is COc1ccc(-n2ccc(C(=O)NCCCO)n2)cc1. The van der Waals surface area contributed by atoms with Crippen molar-refractivity contribution in [3.05, 3.63) is 42.2 Å². The molecule has 0 unspecified atom stereocenters. The van der Waals surface area contributed by atoms with E-state index in [-0.39, 0.29) is 12.5 Å². The summed E-state index contributed by atoms with van der Waals surface area (Å²) in [4.78, 5) is 11.8. The van der Waals surface area contributed by atoms with E-state index in [1.165, 1.54) is 0 Å². The Balaban J connectivity index is 2.05. The van der Waals surface area contributed by atoms with Crippen LogP contribution in [0.5, 0.6) is 5.75 Å². The van der Waals surface area contributed by atoms with Crippen molar-refractivity contribution in [2.45, 2.75) is 6.42 Å². The van der Waals surface area contributed by atoms with Crippen LogP contribution in [0.25, 0.3) is 5.69 Å². The first-order valence-corrected chi connectivity index (χ1v) is 6.34. The molecule has 106 valence electrons. The first kappa shape index (κ1) is 14.1. The van der Waals surface area contributed by atoms with Gasteiger partial charge in [-0.3, -0.25) is 4.79 Å². The second-order valence-corrected chi connectivity index (χ2v) is 4.18. The number of methoxy groups -OCH3 is 1. The second kappa shape index (κ2) is 6.72. The Kier molecular flexibility index (Phi) is 4.73. The van der Waals surface area contributed by atoms with Gasteiger partial charge in [0.05, 0.1) is 12.8 Å². The summed E-state index contributed by atoms with van der Waals surface area (Å²) < 4.78 is 6.71. The lowest BCUT2D eigenvalue weighted by Gasteiger charge is -2.03. The summed E-state index contributed by atoms with van der Waals surface area (Å²) in [6, 6.07) is 9.03. The Bertz CT molecular complexity index is 563. The van der Waals surface area contributed by atoms with Gasteiger partial charge in [-0.1, -0.05) is 0 Å². The molecule has 0 aliphatic heterocycles. The number of hydrogen-bond donors (Lipinski definition) is 2. The van der Waals surface area contributed by atoms with Crippen LogP contribution < -0.4 is 10.1 Å². The predicted octanol–water partition coefficient (Wildman–Crippen LogP) is 0.993. The van der Waals surface area contributed by atoms with E-state index in [9.17, 15) is 4.79 Å². The maximum atomic E-state index is 11.8. The highest BCUT2D eigenvalue weighted by molar-refractivity contribution is 5.92. The van der Waals surface area contributed by atoms with E-state index < -0.39 is 0 Å². The fourth-order valence-corrected chi connectivity index (χ4v) is 1.70. The van der Waals surface area contributed by atoms with Gasteiger partial charge < -0.3 is 15.2 Å². The summed E-state index contributed by atoms with van der Waals surface area (Å²) >= 11 is 0. The fraction of sp³-hybridized carbons (Fsp3) is 0.286. The maximum absolute atomic E-state index is 11.8. The summed E-state index contributed by atoms with van der Waals surface area (Å²) in [5.74, 6) is 0.522. The van der Waals surface area contributed by atoms with Crippen molar-refractivity contribution in [1.82, 2.24) is 15.1 Å². The van der Waals surface area contributed by atoms with Crippen molar-refractivity contribution >= 4 is 5.91 Å². The smallest absolute Gasteiger partial charge is 0.271 e. The number of amides is 1. The monoisotopic (exact) mass is 275 g/mol. The Morgan fingerprint density at radius 1 is 1.35 bits per heavy atom. The number of ether oxygens (including phenoxy) is 1. The van der Waals surface area contributed by atoms with Gasteiger partial charge in [0.2, 0.25) is 0 Å². The van der Waals surface area contributed by atoms with Gasteiger partial charge in [-0.05, 0) is 36.8 Å². The molecule has 2 aromatic rings. The van der Waals surface area contributed by atoms with Crippen molar-refractivity contribution in [2.75, 3.05) is 20.3 Å². The first-order valence-electron chi connectivity index (χ1n) is 6.34. The lowest BCUT2D eigenvalue weighted by molar-refractivity contribution is 0.0945. The molecule has 1 heterocycles. The number of carbonyl (C=O) groups is 1. The number of aromatic nitrogens is 2. The molecule has 6 nitrogen and oxygen atoms in total. The quantitative estimate of drug-likeness (QED) is 0.771. The summed E-state index contributed by atoms with van der Waals surface area (Å²) in [6.07, 6.45) is 2.26. The van der Waals surface area contributed by atoms with Crippen LogP contribution in [-0.2, 0) is 0 Å². The summed E-state index contributed by atoms with van der Waals surface area (Å²) in [6.45, 7) is 0.491. The molecule has 20 heavy (non-hydrogen) atoms. The van der Waals surface area contributed by atoms with Gasteiger partial charge in [-0.15, -0.1) is 0 Å². The van der Waals surface area contributed by atoms with Crippen molar-refractivity contribution in [3.8, 4) is 11.4 Å². The number of aliphatic hydroxyl groups excluding tert-OH is 1. The van der Waals surface area contributed by atoms with E-state index >= 15 is 0 Å². The predicted molar refractivity (Wildman–Crippen MR) is 74.2 cm³/mol. The van der Waals surface area contributed by atoms with Crippen molar-refractivity contribution in [3.63, 3.8) is 0 Å². The third-order valence-corrected chi connectivity index (χ3v) is 2.78. The first-order chi connectivity index (χ1) is 9.74. The van der Waals surface area contributed by atoms with Crippen LogP contribution in [0, 0.1) is 0 Å². The largest absolute Gasteiger partial charge is 0.497 e. The number of rotatable bonds is 6. The zero-order valence-corrected chi connectivity index (χ0v) is 11.2. The molecule has 0 spiro atoms. The number of benzene rings is 1. The average Bonchev–Trinajstić information content (AvgIpc) is 2.97. The molecule has 1 aromatic heterocycles. The van der Waals surface area contributed by atoms with Gasteiger partial charge >= 0.3 is 0 Å². The molecular formula is C14H17N3O3. The molecule has 1 amide bonds. The zero-order valence-electron chi connectivity index (χ0n) is 11.2. The fourth-order valence-electron chi connectivity index (χ4n) is 1.70. The highest BCUT2D eigenvalue weighted by atomic mass is 16.5. The van der Waals surface area contributed by atoms with Crippen molar-refractivity contribution in [1.29, 1.82) is 0 Å². The summed E-state index contributed by atoms with van der Waals surface area (Å²) in [7, 11) is 1.61. The van der Waals surface area contributed by atoms with Gasteiger partial charge in [0, 0.05) is 19.3 Å². The molecule has 0 saturated carbocycles. The summed E-state index contributed by atoms with van der Waals surface area (Å²) in [5.41, 5.74) is 1.19. The van der Waals surface area contributed by atoms with Gasteiger partial charge in [-0.2, -0.15) is 5.10 Å². The summed E-state index contributed by atoms with van der Waals surface area (Å²) in [5, 5.41) is 15.6. The number of nitrogens with zero attached hydrogens (tertiary/aromatic N) is 2. The third-order valence-electron chi connectivity index (χ3n) is 2.78. The molecule has 0 fully saturated rings. The number of hydrogen-bond acceptors (Lipinski definition) is 4. The average molecular weight is 275 g/mol. The molecule has 0 radical (unpaired) electrons. The normalized spacial score (nSPS) is 10.3. The molecule has 6 heteroatoms. The standard InChI is InChI=1S/C14H17N3O3/c1-20-12-5-3-11(4-6-12)17-9-7-13(16-17)14(19)15-8-2-10-18/h3-7,9,18H,2,8,10H2,1H3,(H,15,19). The molecule has 2 rings (SSSR count). The van der Waals surface area contributed by atoms with E-state index in [1.807, 2.05) is 24.3 Å². The third kappa shape index (κ3) is 3.36. The molecule has 0 bridgehead atoms. The number of aliphatic hydroxyl groups is 1. The minimum absolute atomic E-state index is 0.0561. The van der Waals surface area contributed by atoms with E-state index in [0.29, 0.717) is 18.7 Å². The van der Waals surface area contributed by atoms with Crippen LogP contribution >= 0.6 is 0 Å². The van der Waals surface area contributed by atoms with Crippen LogP contribution in [0.2, 0.25) is 0 Å². The molecule has 0 atom stereocenters. The molecule has 0 aliphatic carbocycles. The van der Waals surface area contributed by atoms with E-state index in [1.54, 1.807) is 24.1 Å². The minimum Gasteiger partial charge on any atom is -0.497 e. The van der Waals surface area contributed by atoms with Crippen molar-refractivity contribution < 1.29 is 14.6 Å². The minimum atomic E-state index is -0.245. The van der Waals surface area contributed by atoms with Crippen LogP contribution in [0.15, 0.2) is 36.5 Å². The topological polar surface area (TPSA) is 76.4 Å². The van der Waals surface area contributed by atoms with E-state index in [0.717, 1.165) is 11.4 Å². The second-order valence-electron chi connectivity index (χ2n) is 4.18. The Morgan fingerprint density at radius 2 is 2.10 bits per heavy atom. The number of nitrogens with one attached hydrogen (secondary N) is 1. The molecule has 0 saturated heterocycles. The highest BCUT2D eigenvalue weighted by Crippen LogP contribution is 2.14. The van der Waals surface area contributed by atoms with Crippen molar-refractivity contribution in [2.24, 2.45) is 0 Å². The van der Waals surface area contributed by atoms with E-state index in [4.69, 9.17) is 9.84 Å². The van der Waals surface area contributed by atoms with Gasteiger partial charge in [0.15, 0.2) is 5.69 Å². The highest BCUT2D eigenvalue weighted by Gasteiger charge is 2.09. The van der Waals surface area contributed by atoms with Crippen LogP contribution in [0.4, 0.5) is 0 Å². The molecule has 1 aromatic carbocycles. The Labute approximate surface area is 117 Å². The Morgan fingerprint density at radius 3 is 2.75 bits per heavy atom. The molecule has 2 N–H and O–H groups in total. The molecular weight excluding hydrogens is 258 g/mol. The Hall–Kier alpha value is -2.34. The lowest BCUT2D eigenvalue weighted by atomic mass is 10.3. The lowest BCUT2D eigenvalue weighted by Crippen LogP contribution is -2.25. The molecule has 0 aliphatic rings.